The van der Waals surface area contributed by atoms with Crippen molar-refractivity contribution in [1.29, 1.82) is 0 Å². The van der Waals surface area contributed by atoms with E-state index >= 15 is 0 Å². The SMILES string of the molecule is Cn1ncc(C2CC2)c1CNc1ncnc2c1cnn2-c1ccccc1. The third-order valence-corrected chi connectivity index (χ3v) is 4.90. The molecule has 0 amide bonds. The number of para-hydroxylation sites is 1. The lowest BCUT2D eigenvalue weighted by Crippen LogP contribution is -2.09. The molecule has 0 saturated heterocycles. The molecule has 1 aliphatic rings. The van der Waals surface area contributed by atoms with Gasteiger partial charge in [-0.2, -0.15) is 10.2 Å². The Morgan fingerprint density at radius 1 is 1.08 bits per heavy atom. The van der Waals surface area contributed by atoms with Gasteiger partial charge in [-0.25, -0.2) is 14.6 Å². The molecule has 0 spiro atoms. The van der Waals surface area contributed by atoms with E-state index in [1.54, 1.807) is 6.33 Å². The lowest BCUT2D eigenvalue weighted by molar-refractivity contribution is 0.716. The second-order valence-electron chi connectivity index (χ2n) is 6.65. The van der Waals surface area contributed by atoms with Crippen LogP contribution >= 0.6 is 0 Å². The maximum absolute atomic E-state index is 4.50. The van der Waals surface area contributed by atoms with Crippen molar-refractivity contribution in [2.75, 3.05) is 5.32 Å². The Bertz CT molecular complexity index is 1060. The number of aromatic nitrogens is 6. The summed E-state index contributed by atoms with van der Waals surface area (Å²) in [4.78, 5) is 8.86. The van der Waals surface area contributed by atoms with Crippen LogP contribution in [-0.4, -0.2) is 29.5 Å². The van der Waals surface area contributed by atoms with Crippen molar-refractivity contribution in [2.45, 2.75) is 25.3 Å². The van der Waals surface area contributed by atoms with Crippen LogP contribution in [-0.2, 0) is 13.6 Å². The highest BCUT2D eigenvalue weighted by Crippen LogP contribution is 2.41. The molecule has 0 atom stereocenters. The number of hydrogen-bond acceptors (Lipinski definition) is 5. The molecule has 130 valence electrons. The highest BCUT2D eigenvalue weighted by atomic mass is 15.3. The molecular formula is C19H19N7. The van der Waals surface area contributed by atoms with Crippen LogP contribution in [0.2, 0.25) is 0 Å². The minimum absolute atomic E-state index is 0.673. The highest BCUT2D eigenvalue weighted by molar-refractivity contribution is 5.87. The van der Waals surface area contributed by atoms with Crippen LogP contribution < -0.4 is 5.32 Å². The van der Waals surface area contributed by atoms with E-state index in [0.29, 0.717) is 12.5 Å². The first-order valence-corrected chi connectivity index (χ1v) is 8.80. The van der Waals surface area contributed by atoms with E-state index in [0.717, 1.165) is 22.5 Å². The van der Waals surface area contributed by atoms with E-state index in [1.165, 1.54) is 24.1 Å². The summed E-state index contributed by atoms with van der Waals surface area (Å²) < 4.78 is 3.79. The fourth-order valence-corrected chi connectivity index (χ4v) is 3.34. The summed E-state index contributed by atoms with van der Waals surface area (Å²) in [5, 5.41) is 13.3. The third kappa shape index (κ3) is 2.52. The summed E-state index contributed by atoms with van der Waals surface area (Å²) in [6, 6.07) is 10.00. The largest absolute Gasteiger partial charge is 0.364 e. The van der Waals surface area contributed by atoms with Crippen molar-refractivity contribution < 1.29 is 0 Å². The van der Waals surface area contributed by atoms with Gasteiger partial charge < -0.3 is 5.32 Å². The van der Waals surface area contributed by atoms with Gasteiger partial charge in [-0.05, 0) is 36.5 Å². The van der Waals surface area contributed by atoms with Crippen LogP contribution in [0.3, 0.4) is 0 Å². The monoisotopic (exact) mass is 345 g/mol. The van der Waals surface area contributed by atoms with Gasteiger partial charge in [0.2, 0.25) is 0 Å². The second-order valence-corrected chi connectivity index (χ2v) is 6.65. The molecule has 0 bridgehead atoms. The first kappa shape index (κ1) is 15.1. The van der Waals surface area contributed by atoms with Crippen molar-refractivity contribution in [3.8, 4) is 5.69 Å². The molecule has 0 aliphatic heterocycles. The van der Waals surface area contributed by atoms with E-state index in [2.05, 4.69) is 25.5 Å². The Kier molecular flexibility index (Phi) is 3.44. The minimum Gasteiger partial charge on any atom is -0.364 e. The van der Waals surface area contributed by atoms with E-state index in [1.807, 2.05) is 59.1 Å². The molecule has 26 heavy (non-hydrogen) atoms. The maximum atomic E-state index is 4.50. The smallest absolute Gasteiger partial charge is 0.168 e. The van der Waals surface area contributed by atoms with E-state index in [9.17, 15) is 0 Å². The highest BCUT2D eigenvalue weighted by Gasteiger charge is 2.28. The van der Waals surface area contributed by atoms with Crippen molar-refractivity contribution in [3.05, 3.63) is 60.3 Å². The Morgan fingerprint density at radius 2 is 1.92 bits per heavy atom. The van der Waals surface area contributed by atoms with Crippen molar-refractivity contribution in [2.24, 2.45) is 7.05 Å². The van der Waals surface area contributed by atoms with Gasteiger partial charge in [-0.1, -0.05) is 18.2 Å². The average molecular weight is 345 g/mol. The quantitative estimate of drug-likeness (QED) is 0.602. The Balaban J connectivity index is 1.47. The fraction of sp³-hybridized carbons (Fsp3) is 0.263. The number of aryl methyl sites for hydroxylation is 1. The molecule has 1 N–H and O–H groups in total. The third-order valence-electron chi connectivity index (χ3n) is 4.90. The van der Waals surface area contributed by atoms with Crippen LogP contribution in [0, 0.1) is 0 Å². The molecule has 7 nitrogen and oxygen atoms in total. The van der Waals surface area contributed by atoms with E-state index < -0.39 is 0 Å². The Morgan fingerprint density at radius 3 is 2.73 bits per heavy atom. The van der Waals surface area contributed by atoms with Gasteiger partial charge in [-0.3, -0.25) is 4.68 Å². The standard InChI is InChI=1S/C19H19N7/c1-25-17(15(9-23-25)13-7-8-13)11-20-18-16-10-24-26(19(16)22-12-21-18)14-5-3-2-4-6-14/h2-6,9-10,12-13H,7-8,11H2,1H3,(H,20,21,22). The van der Waals surface area contributed by atoms with Gasteiger partial charge in [0.05, 0.1) is 35.7 Å². The lowest BCUT2D eigenvalue weighted by atomic mass is 10.1. The normalized spacial score (nSPS) is 14.0. The molecule has 3 heterocycles. The number of anilines is 1. The van der Waals surface area contributed by atoms with Gasteiger partial charge in [0.15, 0.2) is 5.65 Å². The molecule has 3 aromatic heterocycles. The van der Waals surface area contributed by atoms with Gasteiger partial charge in [0.1, 0.15) is 12.1 Å². The van der Waals surface area contributed by atoms with Crippen molar-refractivity contribution in [1.82, 2.24) is 29.5 Å². The van der Waals surface area contributed by atoms with Gasteiger partial charge in [-0.15, -0.1) is 0 Å². The van der Waals surface area contributed by atoms with Gasteiger partial charge in [0, 0.05) is 7.05 Å². The molecule has 5 rings (SSSR count). The first-order chi connectivity index (χ1) is 12.8. The first-order valence-electron chi connectivity index (χ1n) is 8.80. The number of rotatable bonds is 5. The Hall–Kier alpha value is -3.22. The average Bonchev–Trinajstić information content (AvgIpc) is 3.32. The van der Waals surface area contributed by atoms with Crippen LogP contribution in [0.5, 0.6) is 0 Å². The van der Waals surface area contributed by atoms with Crippen LogP contribution in [0.15, 0.2) is 49.1 Å². The minimum atomic E-state index is 0.673. The molecule has 0 radical (unpaired) electrons. The molecule has 1 aliphatic carbocycles. The number of fused-ring (bicyclic) bond motifs is 1. The van der Waals surface area contributed by atoms with E-state index in [-0.39, 0.29) is 0 Å². The maximum Gasteiger partial charge on any atom is 0.168 e. The van der Waals surface area contributed by atoms with Crippen molar-refractivity contribution in [3.63, 3.8) is 0 Å². The number of nitrogens with one attached hydrogen (secondary N) is 1. The lowest BCUT2D eigenvalue weighted by Gasteiger charge is -2.09. The zero-order chi connectivity index (χ0) is 17.5. The summed E-state index contributed by atoms with van der Waals surface area (Å²) in [5.41, 5.74) is 4.34. The molecule has 1 fully saturated rings. The molecular weight excluding hydrogens is 326 g/mol. The van der Waals surface area contributed by atoms with Crippen molar-refractivity contribution >= 4 is 16.9 Å². The predicted molar refractivity (Wildman–Crippen MR) is 99.2 cm³/mol. The zero-order valence-corrected chi connectivity index (χ0v) is 14.5. The molecule has 0 unspecified atom stereocenters. The molecule has 1 saturated carbocycles. The topological polar surface area (TPSA) is 73.5 Å². The second kappa shape index (κ2) is 5.94. The number of hydrogen-bond donors (Lipinski definition) is 1. The van der Waals surface area contributed by atoms with Crippen LogP contribution in [0.25, 0.3) is 16.7 Å². The molecule has 4 aromatic rings. The summed E-state index contributed by atoms with van der Waals surface area (Å²) in [5.74, 6) is 1.46. The van der Waals surface area contributed by atoms with Crippen LogP contribution in [0.1, 0.15) is 30.0 Å². The van der Waals surface area contributed by atoms with E-state index in [4.69, 9.17) is 0 Å². The predicted octanol–water partition coefficient (Wildman–Crippen LogP) is 3.04. The molecule has 1 aromatic carbocycles. The van der Waals surface area contributed by atoms with Crippen LogP contribution in [0.4, 0.5) is 5.82 Å². The molecule has 7 heteroatoms. The summed E-state index contributed by atoms with van der Waals surface area (Å²) >= 11 is 0. The van der Waals surface area contributed by atoms with Gasteiger partial charge in [0.25, 0.3) is 0 Å². The number of benzene rings is 1. The summed E-state index contributed by atoms with van der Waals surface area (Å²) in [7, 11) is 1.99. The Labute approximate surface area is 150 Å². The van der Waals surface area contributed by atoms with Gasteiger partial charge >= 0.3 is 0 Å². The number of nitrogens with zero attached hydrogens (tertiary/aromatic N) is 6. The zero-order valence-electron chi connectivity index (χ0n) is 14.5. The fourth-order valence-electron chi connectivity index (χ4n) is 3.34. The summed E-state index contributed by atoms with van der Waals surface area (Å²) in [6.45, 7) is 0.685. The summed E-state index contributed by atoms with van der Waals surface area (Å²) in [6.07, 6.45) is 7.92.